The van der Waals surface area contributed by atoms with E-state index in [1.165, 1.54) is 27.6 Å². The van der Waals surface area contributed by atoms with Crippen molar-refractivity contribution in [3.8, 4) is 0 Å². The van der Waals surface area contributed by atoms with Gasteiger partial charge in [-0.1, -0.05) is 52.0 Å². The van der Waals surface area contributed by atoms with Gasteiger partial charge in [0.1, 0.15) is 0 Å². The summed E-state index contributed by atoms with van der Waals surface area (Å²) in [5, 5.41) is 1.21. The molecule has 2 aromatic rings. The monoisotopic (exact) mass is 362 g/mol. The molecule has 0 N–H and O–H groups in total. The second-order valence-electron chi connectivity index (χ2n) is 7.75. The van der Waals surface area contributed by atoms with Gasteiger partial charge >= 0.3 is 18.9 Å². The fourth-order valence-electron chi connectivity index (χ4n) is 3.36. The van der Waals surface area contributed by atoms with Crippen molar-refractivity contribution < 1.29 is 4.79 Å². The maximum atomic E-state index is 13.2. The molecule has 0 fully saturated rings. The van der Waals surface area contributed by atoms with Gasteiger partial charge < -0.3 is 0 Å². The molecule has 0 saturated carbocycles. The van der Waals surface area contributed by atoms with Crippen LogP contribution in [0.2, 0.25) is 0 Å². The third kappa shape index (κ3) is 4.89. The molecule has 136 valence electrons. The number of hydrogen-bond donors (Lipinski definition) is 0. The molecule has 0 aromatic heterocycles. The molecule has 0 bridgehead atoms. The third-order valence-corrected chi connectivity index (χ3v) is 6.38. The van der Waals surface area contributed by atoms with E-state index in [0.717, 1.165) is 16.7 Å². The zero-order chi connectivity index (χ0) is 18.9. The second-order valence-corrected chi connectivity index (χ2v) is 8.99. The summed E-state index contributed by atoms with van der Waals surface area (Å²) in [6.07, 6.45) is 0. The van der Waals surface area contributed by atoms with Crippen LogP contribution in [0.15, 0.2) is 24.3 Å². The van der Waals surface area contributed by atoms with Gasteiger partial charge in [-0.2, -0.15) is 0 Å². The van der Waals surface area contributed by atoms with Crippen LogP contribution in [0.4, 0.5) is 0 Å². The van der Waals surface area contributed by atoms with Gasteiger partial charge in [0.25, 0.3) is 0 Å². The van der Waals surface area contributed by atoms with Crippen molar-refractivity contribution in [2.45, 2.75) is 67.2 Å². The second kappa shape index (κ2) is 9.37. The van der Waals surface area contributed by atoms with Crippen molar-refractivity contribution in [1.82, 2.24) is 0 Å². The van der Waals surface area contributed by atoms with Crippen LogP contribution in [0.25, 0.3) is 0 Å². The zero-order valence-electron chi connectivity index (χ0n) is 16.9. The molecule has 0 radical (unpaired) electrons. The van der Waals surface area contributed by atoms with Crippen LogP contribution in [0.1, 0.15) is 83.3 Å². The Hall–Kier alpha value is -0.863. The van der Waals surface area contributed by atoms with Gasteiger partial charge in [-0.3, -0.25) is 4.79 Å². The standard InChI is InChI=1S/C23H31OP.Li.H/c1-13(2)19-9-10-20(14(3)4)21(12-19)25-23(24)22-16(6)11-15(5)17(7)18(22)8;;/h9-14,25H,1-8H3;;. The molecule has 0 aliphatic carbocycles. The molecule has 2 rings (SSSR count). The Morgan fingerprint density at radius 2 is 1.46 bits per heavy atom. The molecule has 3 heteroatoms. The molecular formula is C23H32LiOP. The zero-order valence-corrected chi connectivity index (χ0v) is 17.9. The summed E-state index contributed by atoms with van der Waals surface area (Å²) in [5.74, 6) is 0.906. The minimum atomic E-state index is 0. The SMILES string of the molecule is Cc1cc(C)c(C(=O)Pc2cc(C(C)C)ccc2C(C)C)c(C)c1C.[LiH]. The van der Waals surface area contributed by atoms with Gasteiger partial charge in [-0.15, -0.1) is 0 Å². The first-order valence-electron chi connectivity index (χ1n) is 9.16. The Labute approximate surface area is 173 Å². The van der Waals surface area contributed by atoms with E-state index in [4.69, 9.17) is 0 Å². The summed E-state index contributed by atoms with van der Waals surface area (Å²) >= 11 is 0. The van der Waals surface area contributed by atoms with Gasteiger partial charge in [0, 0.05) is 5.56 Å². The first kappa shape index (κ1) is 23.2. The molecule has 1 unspecified atom stereocenters. The number of benzene rings is 2. The first-order valence-corrected chi connectivity index (χ1v) is 10.2. The molecule has 1 atom stereocenters. The van der Waals surface area contributed by atoms with Crippen molar-refractivity contribution in [2.24, 2.45) is 0 Å². The summed E-state index contributed by atoms with van der Waals surface area (Å²) in [5.41, 5.74) is 8.54. The van der Waals surface area contributed by atoms with E-state index in [9.17, 15) is 4.79 Å². The Morgan fingerprint density at radius 3 is 2.00 bits per heavy atom. The minimum absolute atomic E-state index is 0. The quantitative estimate of drug-likeness (QED) is 0.495. The fraction of sp³-hybridized carbons (Fsp3) is 0.435. The van der Waals surface area contributed by atoms with Crippen LogP contribution >= 0.6 is 8.58 Å². The summed E-state index contributed by atoms with van der Waals surface area (Å²) in [6, 6.07) is 8.83. The normalized spacial score (nSPS) is 11.5. The van der Waals surface area contributed by atoms with E-state index >= 15 is 0 Å². The van der Waals surface area contributed by atoms with Crippen LogP contribution in [-0.2, 0) is 0 Å². The molecule has 0 aliphatic rings. The van der Waals surface area contributed by atoms with Crippen molar-refractivity contribution in [2.75, 3.05) is 0 Å². The maximum absolute atomic E-state index is 13.2. The topological polar surface area (TPSA) is 17.1 Å². The van der Waals surface area contributed by atoms with E-state index in [2.05, 4.69) is 79.7 Å². The van der Waals surface area contributed by atoms with E-state index in [1.807, 2.05) is 0 Å². The van der Waals surface area contributed by atoms with Crippen molar-refractivity contribution in [3.63, 3.8) is 0 Å². The number of carbonyl (C=O) groups excluding carboxylic acids is 1. The number of hydrogen-bond acceptors (Lipinski definition) is 1. The predicted octanol–water partition coefficient (Wildman–Crippen LogP) is 5.66. The van der Waals surface area contributed by atoms with Gasteiger partial charge in [0.2, 0.25) is 0 Å². The molecule has 0 spiro atoms. The Morgan fingerprint density at radius 1 is 0.846 bits per heavy atom. The van der Waals surface area contributed by atoms with Crippen molar-refractivity contribution in [1.29, 1.82) is 0 Å². The number of rotatable bonds is 5. The van der Waals surface area contributed by atoms with Crippen molar-refractivity contribution >= 4 is 38.3 Å². The average molecular weight is 362 g/mol. The first-order chi connectivity index (χ1) is 11.6. The Bertz CT molecular complexity index is 806. The van der Waals surface area contributed by atoms with E-state index in [-0.39, 0.29) is 33.0 Å². The van der Waals surface area contributed by atoms with E-state index in [0.29, 0.717) is 11.8 Å². The van der Waals surface area contributed by atoms with Crippen LogP contribution < -0.4 is 5.30 Å². The third-order valence-electron chi connectivity index (χ3n) is 5.20. The number of aryl methyl sites for hydroxylation is 2. The molecule has 0 saturated heterocycles. The van der Waals surface area contributed by atoms with Crippen LogP contribution in [0.5, 0.6) is 0 Å². The molecule has 26 heavy (non-hydrogen) atoms. The van der Waals surface area contributed by atoms with Gasteiger partial charge in [-0.25, -0.2) is 0 Å². The molecule has 0 amide bonds. The van der Waals surface area contributed by atoms with Gasteiger partial charge in [-0.05, 0) is 86.8 Å². The summed E-state index contributed by atoms with van der Waals surface area (Å²) < 4.78 is 0. The summed E-state index contributed by atoms with van der Waals surface area (Å²) in [6.45, 7) is 17.2. The van der Waals surface area contributed by atoms with Gasteiger partial charge in [0.15, 0.2) is 5.52 Å². The average Bonchev–Trinajstić information content (AvgIpc) is 2.52. The van der Waals surface area contributed by atoms with Crippen molar-refractivity contribution in [3.05, 3.63) is 63.2 Å². The molecular weight excluding hydrogens is 330 g/mol. The van der Waals surface area contributed by atoms with Crippen LogP contribution in [-0.4, -0.2) is 24.4 Å². The fourth-order valence-corrected chi connectivity index (χ4v) is 4.87. The summed E-state index contributed by atoms with van der Waals surface area (Å²) in [7, 11) is 0.183. The molecule has 2 aromatic carbocycles. The van der Waals surface area contributed by atoms with E-state index in [1.54, 1.807) is 0 Å². The number of carbonyl (C=O) groups is 1. The molecule has 0 heterocycles. The predicted molar refractivity (Wildman–Crippen MR) is 119 cm³/mol. The molecule has 0 aliphatic heterocycles. The molecule has 1 nitrogen and oxygen atoms in total. The summed E-state index contributed by atoms with van der Waals surface area (Å²) in [4.78, 5) is 13.2. The Balaban J connectivity index is 0.00000338. The van der Waals surface area contributed by atoms with Crippen LogP contribution in [0.3, 0.4) is 0 Å². The van der Waals surface area contributed by atoms with Gasteiger partial charge in [0.05, 0.1) is 0 Å². The van der Waals surface area contributed by atoms with Crippen LogP contribution in [0, 0.1) is 27.7 Å². The Kier molecular flexibility index (Phi) is 8.35. The van der Waals surface area contributed by atoms with E-state index < -0.39 is 0 Å².